The maximum absolute atomic E-state index is 14.0. The summed E-state index contributed by atoms with van der Waals surface area (Å²) >= 11 is 0. The molecule has 4 heteroatoms. The van der Waals surface area contributed by atoms with Crippen LogP contribution >= 0.6 is 0 Å². The molecule has 0 bridgehead atoms. The van der Waals surface area contributed by atoms with Crippen molar-refractivity contribution < 1.29 is 9.13 Å². The SMILES string of the molecule is CCN(Cc1ccc(OC)cc1F)CC1CCCNC1. The Kier molecular flexibility index (Phi) is 5.80. The van der Waals surface area contributed by atoms with Gasteiger partial charge in [-0.15, -0.1) is 0 Å². The summed E-state index contributed by atoms with van der Waals surface area (Å²) in [4.78, 5) is 2.32. The number of nitrogens with zero attached hydrogens (tertiary/aromatic N) is 1. The number of ether oxygens (including phenoxy) is 1. The molecule has 1 aromatic rings. The maximum Gasteiger partial charge on any atom is 0.131 e. The normalized spacial score (nSPS) is 19.3. The van der Waals surface area contributed by atoms with Gasteiger partial charge in [-0.05, 0) is 44.5 Å². The highest BCUT2D eigenvalue weighted by atomic mass is 19.1. The van der Waals surface area contributed by atoms with Crippen molar-refractivity contribution in [1.29, 1.82) is 0 Å². The quantitative estimate of drug-likeness (QED) is 0.867. The molecule has 1 heterocycles. The van der Waals surface area contributed by atoms with Gasteiger partial charge in [0.25, 0.3) is 0 Å². The molecule has 3 nitrogen and oxygen atoms in total. The van der Waals surface area contributed by atoms with Crippen LogP contribution < -0.4 is 10.1 Å². The van der Waals surface area contributed by atoms with Gasteiger partial charge in [0.1, 0.15) is 11.6 Å². The number of piperidine rings is 1. The zero-order valence-corrected chi connectivity index (χ0v) is 12.5. The molecular formula is C16H25FN2O. The number of hydrogen-bond acceptors (Lipinski definition) is 3. The van der Waals surface area contributed by atoms with Crippen molar-refractivity contribution in [2.75, 3.05) is 33.3 Å². The summed E-state index contributed by atoms with van der Waals surface area (Å²) in [7, 11) is 1.56. The second-order valence-electron chi connectivity index (χ2n) is 5.50. The average molecular weight is 280 g/mol. The van der Waals surface area contributed by atoms with Crippen molar-refractivity contribution in [3.8, 4) is 5.75 Å². The molecule has 1 fully saturated rings. The Morgan fingerprint density at radius 2 is 2.30 bits per heavy atom. The van der Waals surface area contributed by atoms with E-state index in [0.29, 0.717) is 18.2 Å². The van der Waals surface area contributed by atoms with Gasteiger partial charge in [-0.2, -0.15) is 0 Å². The lowest BCUT2D eigenvalue weighted by molar-refractivity contribution is 0.207. The molecular weight excluding hydrogens is 255 g/mol. The Hall–Kier alpha value is -1.13. The van der Waals surface area contributed by atoms with E-state index in [1.54, 1.807) is 7.11 Å². The fourth-order valence-electron chi connectivity index (χ4n) is 2.77. The third-order valence-corrected chi connectivity index (χ3v) is 4.02. The Morgan fingerprint density at radius 3 is 2.90 bits per heavy atom. The van der Waals surface area contributed by atoms with Crippen LogP contribution in [-0.4, -0.2) is 38.2 Å². The lowest BCUT2D eigenvalue weighted by Crippen LogP contribution is -2.38. The molecule has 1 unspecified atom stereocenters. The fourth-order valence-corrected chi connectivity index (χ4v) is 2.77. The van der Waals surface area contributed by atoms with E-state index < -0.39 is 0 Å². The summed E-state index contributed by atoms with van der Waals surface area (Å²) in [6.45, 7) is 7.01. The monoisotopic (exact) mass is 280 g/mol. The minimum Gasteiger partial charge on any atom is -0.497 e. The zero-order valence-electron chi connectivity index (χ0n) is 12.5. The predicted octanol–water partition coefficient (Wildman–Crippen LogP) is 2.66. The Balaban J connectivity index is 1.94. The number of rotatable bonds is 6. The Bertz CT molecular complexity index is 419. The molecule has 1 aromatic carbocycles. The van der Waals surface area contributed by atoms with Crippen LogP contribution in [0.3, 0.4) is 0 Å². The zero-order chi connectivity index (χ0) is 14.4. The number of benzene rings is 1. The van der Waals surface area contributed by atoms with Crippen molar-refractivity contribution in [3.63, 3.8) is 0 Å². The second-order valence-corrected chi connectivity index (χ2v) is 5.50. The molecule has 1 saturated heterocycles. The Morgan fingerprint density at radius 1 is 1.45 bits per heavy atom. The van der Waals surface area contributed by atoms with Crippen molar-refractivity contribution in [2.24, 2.45) is 5.92 Å². The third kappa shape index (κ3) is 4.18. The molecule has 1 atom stereocenters. The van der Waals surface area contributed by atoms with E-state index in [4.69, 9.17) is 4.74 Å². The summed E-state index contributed by atoms with van der Waals surface area (Å²) in [6, 6.07) is 5.12. The fraction of sp³-hybridized carbons (Fsp3) is 0.625. The lowest BCUT2D eigenvalue weighted by atomic mass is 9.99. The minimum absolute atomic E-state index is 0.176. The predicted molar refractivity (Wildman–Crippen MR) is 79.5 cm³/mol. The van der Waals surface area contributed by atoms with Gasteiger partial charge in [0, 0.05) is 24.7 Å². The van der Waals surface area contributed by atoms with Crippen LogP contribution in [-0.2, 0) is 6.54 Å². The number of methoxy groups -OCH3 is 1. The first-order valence-electron chi connectivity index (χ1n) is 7.48. The van der Waals surface area contributed by atoms with Crippen LogP contribution in [0.2, 0.25) is 0 Å². The summed E-state index contributed by atoms with van der Waals surface area (Å²) in [5.41, 5.74) is 0.747. The van der Waals surface area contributed by atoms with Crippen molar-refractivity contribution in [3.05, 3.63) is 29.6 Å². The molecule has 0 saturated carbocycles. The molecule has 112 valence electrons. The van der Waals surface area contributed by atoms with Gasteiger partial charge in [0.05, 0.1) is 7.11 Å². The van der Waals surface area contributed by atoms with E-state index in [2.05, 4.69) is 17.1 Å². The van der Waals surface area contributed by atoms with E-state index in [1.807, 2.05) is 12.1 Å². The first kappa shape index (κ1) is 15.3. The largest absolute Gasteiger partial charge is 0.497 e. The number of halogens is 1. The topological polar surface area (TPSA) is 24.5 Å². The molecule has 1 aliphatic rings. The molecule has 0 spiro atoms. The summed E-state index contributed by atoms with van der Waals surface area (Å²) in [5.74, 6) is 1.08. The van der Waals surface area contributed by atoms with Crippen molar-refractivity contribution in [1.82, 2.24) is 10.2 Å². The molecule has 0 aliphatic carbocycles. The highest BCUT2D eigenvalue weighted by molar-refractivity contribution is 5.28. The second kappa shape index (κ2) is 7.60. The van der Waals surface area contributed by atoms with Gasteiger partial charge in [-0.25, -0.2) is 4.39 Å². The third-order valence-electron chi connectivity index (χ3n) is 4.02. The molecule has 20 heavy (non-hydrogen) atoms. The summed E-state index contributed by atoms with van der Waals surface area (Å²) < 4.78 is 19.0. The summed E-state index contributed by atoms with van der Waals surface area (Å²) in [5, 5.41) is 3.44. The molecule has 0 aromatic heterocycles. The van der Waals surface area contributed by atoms with Gasteiger partial charge in [-0.1, -0.05) is 13.0 Å². The number of hydrogen-bond donors (Lipinski definition) is 1. The first-order chi connectivity index (χ1) is 9.72. The van der Waals surface area contributed by atoms with Crippen molar-refractivity contribution >= 4 is 0 Å². The van der Waals surface area contributed by atoms with Gasteiger partial charge in [0.15, 0.2) is 0 Å². The van der Waals surface area contributed by atoms with E-state index in [1.165, 1.54) is 18.9 Å². The Labute approximate surface area is 121 Å². The van der Waals surface area contributed by atoms with Crippen LogP contribution in [0.4, 0.5) is 4.39 Å². The van der Waals surface area contributed by atoms with Gasteiger partial charge < -0.3 is 10.1 Å². The first-order valence-corrected chi connectivity index (χ1v) is 7.48. The van der Waals surface area contributed by atoms with Crippen molar-refractivity contribution in [2.45, 2.75) is 26.3 Å². The molecule has 1 aliphatic heterocycles. The summed E-state index contributed by atoms with van der Waals surface area (Å²) in [6.07, 6.45) is 2.52. The highest BCUT2D eigenvalue weighted by Crippen LogP contribution is 2.19. The van der Waals surface area contributed by atoms with Gasteiger partial charge >= 0.3 is 0 Å². The molecule has 0 amide bonds. The van der Waals surface area contributed by atoms with Gasteiger partial charge in [-0.3, -0.25) is 4.90 Å². The molecule has 2 rings (SSSR count). The van der Waals surface area contributed by atoms with E-state index in [9.17, 15) is 4.39 Å². The minimum atomic E-state index is -0.176. The van der Waals surface area contributed by atoms with Crippen LogP contribution in [0.1, 0.15) is 25.3 Å². The average Bonchev–Trinajstić information content (AvgIpc) is 2.49. The molecule has 0 radical (unpaired) electrons. The van der Waals surface area contributed by atoms with Crippen LogP contribution in [0.15, 0.2) is 18.2 Å². The van der Waals surface area contributed by atoms with Crippen LogP contribution in [0.25, 0.3) is 0 Å². The van der Waals surface area contributed by atoms with E-state index in [-0.39, 0.29) is 5.82 Å². The lowest BCUT2D eigenvalue weighted by Gasteiger charge is -2.29. The standard InChI is InChI=1S/C16H25FN2O/c1-3-19(11-13-5-4-8-18-10-13)12-14-6-7-15(20-2)9-16(14)17/h6-7,9,13,18H,3-5,8,10-12H2,1-2H3. The number of nitrogens with one attached hydrogen (secondary N) is 1. The smallest absolute Gasteiger partial charge is 0.131 e. The van der Waals surface area contributed by atoms with Crippen LogP contribution in [0, 0.1) is 11.7 Å². The maximum atomic E-state index is 14.0. The highest BCUT2D eigenvalue weighted by Gasteiger charge is 2.17. The van der Waals surface area contributed by atoms with E-state index in [0.717, 1.165) is 31.7 Å². The van der Waals surface area contributed by atoms with E-state index >= 15 is 0 Å². The van der Waals surface area contributed by atoms with Crippen LogP contribution in [0.5, 0.6) is 5.75 Å². The van der Waals surface area contributed by atoms with Gasteiger partial charge in [0.2, 0.25) is 0 Å². The molecule has 1 N–H and O–H groups in total.